The van der Waals surface area contributed by atoms with Crippen molar-refractivity contribution in [3.05, 3.63) is 65.7 Å². The van der Waals surface area contributed by atoms with Gasteiger partial charge in [-0.3, -0.25) is 4.90 Å². The maximum Gasteiger partial charge on any atom is 0.341 e. The molecule has 2 aromatic rings. The molecule has 3 nitrogen and oxygen atoms in total. The minimum Gasteiger partial charge on any atom is -0.292 e. The summed E-state index contributed by atoms with van der Waals surface area (Å²) >= 11 is 0. The summed E-state index contributed by atoms with van der Waals surface area (Å²) in [7, 11) is -4.54. The number of benzene rings is 2. The van der Waals surface area contributed by atoms with Crippen molar-refractivity contribution in [2.75, 3.05) is 0 Å². The third kappa shape index (κ3) is 4.48. The molecule has 0 radical (unpaired) electrons. The lowest BCUT2D eigenvalue weighted by molar-refractivity contribution is 0.172. The van der Waals surface area contributed by atoms with E-state index in [1.54, 1.807) is 12.1 Å². The smallest absolute Gasteiger partial charge is 0.292 e. The molecular formula is C20H23F2NO2S. The van der Waals surface area contributed by atoms with Crippen LogP contribution in [0, 0.1) is 5.92 Å². The first-order valence-electron chi connectivity index (χ1n) is 8.77. The summed E-state index contributed by atoms with van der Waals surface area (Å²) in [4.78, 5) is 2.03. The maximum absolute atomic E-state index is 12.7. The van der Waals surface area contributed by atoms with Gasteiger partial charge in [0.05, 0.1) is 4.90 Å². The zero-order valence-electron chi connectivity index (χ0n) is 14.7. The molecule has 0 saturated heterocycles. The molecule has 2 aromatic carbocycles. The van der Waals surface area contributed by atoms with Crippen LogP contribution in [0.1, 0.15) is 30.9 Å². The molecule has 6 heteroatoms. The fourth-order valence-electron chi connectivity index (χ4n) is 3.16. The summed E-state index contributed by atoms with van der Waals surface area (Å²) in [5.74, 6) is -2.70. The molecule has 0 amide bonds. The molecule has 1 aliphatic carbocycles. The normalized spacial score (nSPS) is 16.2. The third-order valence-corrected chi connectivity index (χ3v) is 6.38. The van der Waals surface area contributed by atoms with Gasteiger partial charge in [-0.05, 0) is 48.9 Å². The Kier molecular flexibility index (Phi) is 5.73. The standard InChI is InChI=1S/C20H23F2NO2S/c1-15(18-9-10-18)23(13-16-5-3-2-4-6-16)14-17-7-11-19(12-8-17)26(24,25)20(21)22/h2-8,11-12,15,18,20H,9-10,13-14H2,1H3. The molecule has 1 aliphatic rings. The van der Waals surface area contributed by atoms with Crippen LogP contribution in [-0.2, 0) is 22.9 Å². The van der Waals surface area contributed by atoms with Crippen LogP contribution in [0.4, 0.5) is 8.78 Å². The first-order valence-corrected chi connectivity index (χ1v) is 10.3. The summed E-state index contributed by atoms with van der Waals surface area (Å²) in [6, 6.07) is 16.4. The predicted molar refractivity (Wildman–Crippen MR) is 97.5 cm³/mol. The zero-order chi connectivity index (χ0) is 18.7. The average Bonchev–Trinajstić information content (AvgIpc) is 3.47. The number of hydrogen-bond donors (Lipinski definition) is 0. The molecule has 140 valence electrons. The van der Waals surface area contributed by atoms with Crippen molar-refractivity contribution in [3.63, 3.8) is 0 Å². The van der Waals surface area contributed by atoms with Gasteiger partial charge in [-0.1, -0.05) is 42.5 Å². The SMILES string of the molecule is CC(C1CC1)N(Cc1ccccc1)Cc1ccc(S(=O)(=O)C(F)F)cc1. The van der Waals surface area contributed by atoms with Gasteiger partial charge >= 0.3 is 5.76 Å². The van der Waals surface area contributed by atoms with Crippen LogP contribution >= 0.6 is 0 Å². The zero-order valence-corrected chi connectivity index (χ0v) is 15.5. The lowest BCUT2D eigenvalue weighted by Crippen LogP contribution is -2.33. The fraction of sp³-hybridized carbons (Fsp3) is 0.400. The van der Waals surface area contributed by atoms with E-state index in [2.05, 4.69) is 24.0 Å². The van der Waals surface area contributed by atoms with Gasteiger partial charge in [0.25, 0.3) is 0 Å². The molecule has 0 aromatic heterocycles. The van der Waals surface area contributed by atoms with E-state index >= 15 is 0 Å². The van der Waals surface area contributed by atoms with E-state index in [-0.39, 0.29) is 4.90 Å². The molecule has 0 heterocycles. The first kappa shape index (κ1) is 19.0. The van der Waals surface area contributed by atoms with Crippen LogP contribution in [0.3, 0.4) is 0 Å². The van der Waals surface area contributed by atoms with E-state index in [1.165, 1.54) is 30.5 Å². The van der Waals surface area contributed by atoms with E-state index in [4.69, 9.17) is 0 Å². The Morgan fingerprint density at radius 2 is 1.50 bits per heavy atom. The van der Waals surface area contributed by atoms with Gasteiger partial charge in [-0.2, -0.15) is 8.78 Å². The highest BCUT2D eigenvalue weighted by atomic mass is 32.2. The Balaban J connectivity index is 1.76. The van der Waals surface area contributed by atoms with Crippen LogP contribution in [0.15, 0.2) is 59.5 Å². The summed E-state index contributed by atoms with van der Waals surface area (Å²) in [5.41, 5.74) is 2.14. The molecule has 1 fully saturated rings. The van der Waals surface area contributed by atoms with Crippen LogP contribution in [0.2, 0.25) is 0 Å². The van der Waals surface area contributed by atoms with E-state index in [0.717, 1.165) is 12.1 Å². The predicted octanol–water partition coefficient (Wildman–Crippen LogP) is 4.48. The minimum atomic E-state index is -4.54. The quantitative estimate of drug-likeness (QED) is 0.678. The number of rotatable bonds is 8. The van der Waals surface area contributed by atoms with Crippen molar-refractivity contribution in [3.8, 4) is 0 Å². The van der Waals surface area contributed by atoms with Crippen molar-refractivity contribution in [2.45, 2.75) is 49.5 Å². The van der Waals surface area contributed by atoms with Crippen LogP contribution < -0.4 is 0 Å². The molecule has 1 unspecified atom stereocenters. The molecule has 0 spiro atoms. The summed E-state index contributed by atoms with van der Waals surface area (Å²) in [5, 5.41) is 0. The molecule has 0 bridgehead atoms. The first-order chi connectivity index (χ1) is 12.4. The number of hydrogen-bond acceptors (Lipinski definition) is 3. The van der Waals surface area contributed by atoms with Gasteiger partial charge in [-0.15, -0.1) is 0 Å². The van der Waals surface area contributed by atoms with Crippen molar-refractivity contribution >= 4 is 9.84 Å². The van der Waals surface area contributed by atoms with Crippen molar-refractivity contribution in [1.82, 2.24) is 4.90 Å². The largest absolute Gasteiger partial charge is 0.341 e. The molecule has 0 N–H and O–H groups in total. The Bertz CT molecular complexity index is 819. The second-order valence-corrected chi connectivity index (χ2v) is 8.84. The number of halogens is 2. The van der Waals surface area contributed by atoms with E-state index in [9.17, 15) is 17.2 Å². The van der Waals surface area contributed by atoms with Crippen LogP contribution in [-0.4, -0.2) is 25.1 Å². The summed E-state index contributed by atoms with van der Waals surface area (Å²) < 4.78 is 48.4. The van der Waals surface area contributed by atoms with Gasteiger partial charge in [-0.25, -0.2) is 8.42 Å². The Morgan fingerprint density at radius 3 is 2.00 bits per heavy atom. The minimum absolute atomic E-state index is 0.332. The maximum atomic E-state index is 12.7. The highest BCUT2D eigenvalue weighted by molar-refractivity contribution is 7.91. The van der Waals surface area contributed by atoms with Gasteiger partial charge in [0.15, 0.2) is 0 Å². The number of alkyl halides is 2. The van der Waals surface area contributed by atoms with Gasteiger partial charge < -0.3 is 0 Å². The fourth-order valence-corrected chi connectivity index (χ4v) is 3.88. The average molecular weight is 379 g/mol. The van der Waals surface area contributed by atoms with Crippen molar-refractivity contribution < 1.29 is 17.2 Å². The lowest BCUT2D eigenvalue weighted by atomic mass is 10.1. The molecule has 1 saturated carbocycles. The Hall–Kier alpha value is -1.79. The summed E-state index contributed by atoms with van der Waals surface area (Å²) in [6.07, 6.45) is 2.47. The van der Waals surface area contributed by atoms with Crippen LogP contribution in [0.25, 0.3) is 0 Å². The monoisotopic (exact) mass is 379 g/mol. The van der Waals surface area contributed by atoms with Gasteiger partial charge in [0, 0.05) is 19.1 Å². The van der Waals surface area contributed by atoms with Gasteiger partial charge in [0.1, 0.15) is 0 Å². The third-order valence-electron chi connectivity index (χ3n) is 4.98. The molecule has 1 atom stereocenters. The molecule has 0 aliphatic heterocycles. The summed E-state index contributed by atoms with van der Waals surface area (Å²) in [6.45, 7) is 3.67. The van der Waals surface area contributed by atoms with E-state index in [0.29, 0.717) is 18.5 Å². The second kappa shape index (κ2) is 7.84. The van der Waals surface area contributed by atoms with Crippen LogP contribution in [0.5, 0.6) is 0 Å². The highest BCUT2D eigenvalue weighted by Crippen LogP contribution is 2.36. The Labute approximate surface area is 153 Å². The van der Waals surface area contributed by atoms with Crippen molar-refractivity contribution in [2.24, 2.45) is 5.92 Å². The van der Waals surface area contributed by atoms with Crippen molar-refractivity contribution in [1.29, 1.82) is 0 Å². The van der Waals surface area contributed by atoms with Gasteiger partial charge in [0.2, 0.25) is 9.84 Å². The molecule has 26 heavy (non-hydrogen) atoms. The lowest BCUT2D eigenvalue weighted by Gasteiger charge is -2.29. The number of sulfone groups is 1. The second-order valence-electron chi connectivity index (χ2n) is 6.92. The highest BCUT2D eigenvalue weighted by Gasteiger charge is 2.32. The molecule has 3 rings (SSSR count). The van der Waals surface area contributed by atoms with E-state index < -0.39 is 15.6 Å². The molecular weight excluding hydrogens is 356 g/mol. The number of nitrogens with zero attached hydrogens (tertiary/aromatic N) is 1. The topological polar surface area (TPSA) is 37.4 Å². The van der Waals surface area contributed by atoms with E-state index in [1.807, 2.05) is 18.2 Å². The Morgan fingerprint density at radius 1 is 0.962 bits per heavy atom.